The molecule has 0 saturated carbocycles. The molecular formula is C23H21F3N2O4. The van der Waals surface area contributed by atoms with Crippen LogP contribution < -0.4 is 4.74 Å². The summed E-state index contributed by atoms with van der Waals surface area (Å²) >= 11 is 0. The van der Waals surface area contributed by atoms with Gasteiger partial charge in [-0.05, 0) is 31.0 Å². The minimum atomic E-state index is -4.59. The zero-order valence-electron chi connectivity index (χ0n) is 17.3. The van der Waals surface area contributed by atoms with Crippen LogP contribution in [0.4, 0.5) is 13.2 Å². The monoisotopic (exact) mass is 446 g/mol. The number of ether oxygens (including phenoxy) is 1. The second-order valence-corrected chi connectivity index (χ2v) is 7.46. The van der Waals surface area contributed by atoms with Crippen LogP contribution in [0, 0.1) is 0 Å². The fraction of sp³-hybridized carbons (Fsp3) is 0.304. The lowest BCUT2D eigenvalue weighted by atomic mass is 10.0. The van der Waals surface area contributed by atoms with Crippen molar-refractivity contribution in [1.29, 1.82) is 0 Å². The summed E-state index contributed by atoms with van der Waals surface area (Å²) in [5.41, 5.74) is 0.680. The number of hydrogen-bond donors (Lipinski definition) is 1. The van der Waals surface area contributed by atoms with Crippen molar-refractivity contribution in [2.24, 2.45) is 0 Å². The summed E-state index contributed by atoms with van der Waals surface area (Å²) in [5, 5.41) is 13.2. The molecule has 4 rings (SSSR count). The molecule has 0 amide bonds. The number of alkyl halides is 3. The maximum Gasteiger partial charge on any atom is 0.437 e. The highest BCUT2D eigenvalue weighted by Crippen LogP contribution is 2.38. The van der Waals surface area contributed by atoms with Crippen molar-refractivity contribution in [1.82, 2.24) is 9.72 Å². The third-order valence-electron chi connectivity index (χ3n) is 5.29. The number of para-hydroxylation sites is 1. The topological polar surface area (TPSA) is 77.5 Å². The molecule has 0 aliphatic rings. The number of carboxylic acid groups (broad SMARTS) is 1. The molecule has 0 unspecified atom stereocenters. The van der Waals surface area contributed by atoms with Crippen LogP contribution in [0.1, 0.15) is 41.4 Å². The van der Waals surface area contributed by atoms with E-state index in [2.05, 4.69) is 5.16 Å². The van der Waals surface area contributed by atoms with Gasteiger partial charge in [-0.2, -0.15) is 13.2 Å². The number of nitrogens with zero attached hydrogens (tertiary/aromatic N) is 2. The van der Waals surface area contributed by atoms with Gasteiger partial charge in [-0.3, -0.25) is 0 Å². The number of aryl methyl sites for hydroxylation is 2. The van der Waals surface area contributed by atoms with Gasteiger partial charge in [-0.1, -0.05) is 36.7 Å². The van der Waals surface area contributed by atoms with Gasteiger partial charge >= 0.3 is 12.1 Å². The van der Waals surface area contributed by atoms with E-state index < -0.39 is 17.8 Å². The van der Waals surface area contributed by atoms with Crippen molar-refractivity contribution < 1.29 is 32.3 Å². The van der Waals surface area contributed by atoms with Crippen LogP contribution in [0.3, 0.4) is 0 Å². The van der Waals surface area contributed by atoms with E-state index in [-0.39, 0.29) is 16.5 Å². The molecule has 0 bridgehead atoms. The summed E-state index contributed by atoms with van der Waals surface area (Å²) in [5.74, 6) is -0.521. The average Bonchev–Trinajstić information content (AvgIpc) is 3.34. The normalized spacial score (nSPS) is 12.0. The van der Waals surface area contributed by atoms with Gasteiger partial charge in [0.15, 0.2) is 11.3 Å². The predicted octanol–water partition coefficient (Wildman–Crippen LogP) is 5.92. The highest BCUT2D eigenvalue weighted by Gasteiger charge is 2.37. The number of fused-ring (bicyclic) bond motifs is 2. The number of halogens is 3. The first-order valence-electron chi connectivity index (χ1n) is 10.2. The Bertz CT molecular complexity index is 1270. The molecule has 0 aliphatic heterocycles. The van der Waals surface area contributed by atoms with Gasteiger partial charge in [-0.15, -0.1) is 0 Å². The van der Waals surface area contributed by atoms with Gasteiger partial charge in [0.1, 0.15) is 5.75 Å². The fourth-order valence-electron chi connectivity index (χ4n) is 3.89. The summed E-state index contributed by atoms with van der Waals surface area (Å²) in [6.45, 7) is 2.75. The van der Waals surface area contributed by atoms with Crippen LogP contribution in [0.5, 0.6) is 5.75 Å². The SMILES string of the molecule is CCCc1c(OCCCn2cc(C(=O)O)c3ccccc32)ccc2c(C(F)(F)F)noc12. The minimum absolute atomic E-state index is 0.0756. The summed E-state index contributed by atoms with van der Waals surface area (Å²) in [4.78, 5) is 11.5. The van der Waals surface area contributed by atoms with E-state index >= 15 is 0 Å². The van der Waals surface area contributed by atoms with Gasteiger partial charge < -0.3 is 18.9 Å². The molecule has 2 heterocycles. The Morgan fingerprint density at radius 1 is 1.19 bits per heavy atom. The maximum atomic E-state index is 13.1. The van der Waals surface area contributed by atoms with Gasteiger partial charge in [0.25, 0.3) is 0 Å². The smallest absolute Gasteiger partial charge is 0.437 e. The Morgan fingerprint density at radius 3 is 2.69 bits per heavy atom. The Labute approximate surface area is 181 Å². The Kier molecular flexibility index (Phi) is 5.82. The third-order valence-corrected chi connectivity index (χ3v) is 5.29. The van der Waals surface area contributed by atoms with E-state index in [0.717, 1.165) is 5.52 Å². The van der Waals surface area contributed by atoms with E-state index in [1.165, 1.54) is 12.1 Å². The third kappa shape index (κ3) is 4.02. The molecule has 0 radical (unpaired) electrons. The van der Waals surface area contributed by atoms with Crippen molar-refractivity contribution in [3.63, 3.8) is 0 Å². The Hall–Kier alpha value is -3.49. The molecule has 0 atom stereocenters. The zero-order valence-corrected chi connectivity index (χ0v) is 17.3. The molecule has 6 nitrogen and oxygen atoms in total. The zero-order chi connectivity index (χ0) is 22.9. The maximum absolute atomic E-state index is 13.1. The highest BCUT2D eigenvalue weighted by molar-refractivity contribution is 6.03. The number of benzene rings is 2. The molecular weight excluding hydrogens is 425 g/mol. The first kappa shape index (κ1) is 21.7. The second-order valence-electron chi connectivity index (χ2n) is 7.46. The van der Waals surface area contributed by atoms with Crippen molar-refractivity contribution in [2.75, 3.05) is 6.61 Å². The molecule has 168 valence electrons. The lowest BCUT2D eigenvalue weighted by molar-refractivity contribution is -0.141. The molecule has 0 fully saturated rings. The first-order chi connectivity index (χ1) is 15.3. The van der Waals surface area contributed by atoms with Gasteiger partial charge in [0.05, 0.1) is 17.6 Å². The number of hydrogen-bond acceptors (Lipinski definition) is 4. The second kappa shape index (κ2) is 8.57. The number of aromatic carboxylic acids is 1. The van der Waals surface area contributed by atoms with Crippen LogP contribution in [0.2, 0.25) is 0 Å². The van der Waals surface area contributed by atoms with Crippen molar-refractivity contribution in [3.8, 4) is 5.75 Å². The van der Waals surface area contributed by atoms with E-state index in [1.807, 2.05) is 23.6 Å². The quantitative estimate of drug-likeness (QED) is 0.340. The Morgan fingerprint density at radius 2 is 1.97 bits per heavy atom. The molecule has 32 heavy (non-hydrogen) atoms. The highest BCUT2D eigenvalue weighted by atomic mass is 19.4. The number of aromatic nitrogens is 2. The standard InChI is InChI=1S/C23H21F3N2O4/c1-2-6-15-19(10-9-16-20(15)32-27-21(16)23(24,25)26)31-12-5-11-28-13-17(22(29)30)14-7-3-4-8-18(14)28/h3-4,7-10,13H,2,5-6,11-12H2,1H3,(H,29,30). The minimum Gasteiger partial charge on any atom is -0.493 e. The largest absolute Gasteiger partial charge is 0.493 e. The Balaban J connectivity index is 1.51. The van der Waals surface area contributed by atoms with E-state index in [9.17, 15) is 23.1 Å². The lowest BCUT2D eigenvalue weighted by Gasteiger charge is -2.12. The number of carbonyl (C=O) groups is 1. The summed E-state index contributed by atoms with van der Waals surface area (Å²) in [6, 6.07) is 10.1. The molecule has 4 aromatic rings. The average molecular weight is 446 g/mol. The lowest BCUT2D eigenvalue weighted by Crippen LogP contribution is -2.06. The molecule has 9 heteroatoms. The fourth-order valence-corrected chi connectivity index (χ4v) is 3.89. The number of carboxylic acids is 1. The van der Waals surface area contributed by atoms with Gasteiger partial charge in [0.2, 0.25) is 0 Å². The molecule has 1 N–H and O–H groups in total. The van der Waals surface area contributed by atoms with Crippen LogP contribution in [0.25, 0.3) is 21.9 Å². The summed E-state index contributed by atoms with van der Waals surface area (Å²) in [6.07, 6.45) is -1.22. The van der Waals surface area contributed by atoms with Crippen LogP contribution in [0.15, 0.2) is 47.1 Å². The van der Waals surface area contributed by atoms with Crippen molar-refractivity contribution >= 4 is 27.8 Å². The molecule has 2 aromatic carbocycles. The van der Waals surface area contributed by atoms with Crippen molar-refractivity contribution in [2.45, 2.75) is 38.9 Å². The van der Waals surface area contributed by atoms with E-state index in [4.69, 9.17) is 9.26 Å². The predicted molar refractivity (Wildman–Crippen MR) is 112 cm³/mol. The molecule has 2 aromatic heterocycles. The van der Waals surface area contributed by atoms with Crippen LogP contribution >= 0.6 is 0 Å². The van der Waals surface area contributed by atoms with E-state index in [0.29, 0.717) is 49.1 Å². The molecule has 0 aliphatic carbocycles. The van der Waals surface area contributed by atoms with Gasteiger partial charge in [-0.25, -0.2) is 4.79 Å². The first-order valence-corrected chi connectivity index (χ1v) is 10.2. The van der Waals surface area contributed by atoms with Crippen LogP contribution in [-0.2, 0) is 19.1 Å². The van der Waals surface area contributed by atoms with Crippen molar-refractivity contribution in [3.05, 3.63) is 59.4 Å². The molecule has 0 saturated heterocycles. The van der Waals surface area contributed by atoms with E-state index in [1.54, 1.807) is 18.3 Å². The number of rotatable bonds is 8. The summed E-state index contributed by atoms with van der Waals surface area (Å²) < 4.78 is 52.2. The van der Waals surface area contributed by atoms with Crippen LogP contribution in [-0.4, -0.2) is 27.4 Å². The van der Waals surface area contributed by atoms with Gasteiger partial charge in [0, 0.05) is 29.2 Å². The summed E-state index contributed by atoms with van der Waals surface area (Å²) in [7, 11) is 0. The molecule has 0 spiro atoms.